The second kappa shape index (κ2) is 5.00. The number of rotatable bonds is 3. The van der Waals surface area contributed by atoms with Crippen molar-refractivity contribution < 1.29 is 9.18 Å². The van der Waals surface area contributed by atoms with Gasteiger partial charge in [0, 0.05) is 12.2 Å². The molecule has 0 fully saturated rings. The molecule has 1 N–H and O–H groups in total. The van der Waals surface area contributed by atoms with Gasteiger partial charge in [0.25, 0.3) is 5.91 Å². The van der Waals surface area contributed by atoms with Crippen LogP contribution in [0.2, 0.25) is 0 Å². The second-order valence-electron chi connectivity index (χ2n) is 4.25. The van der Waals surface area contributed by atoms with Crippen LogP contribution in [-0.2, 0) is 0 Å². The molecule has 1 heterocycles. The number of nitrogens with one attached hydrogen (secondary N) is 1. The van der Waals surface area contributed by atoms with E-state index in [0.717, 1.165) is 0 Å². The van der Waals surface area contributed by atoms with Crippen molar-refractivity contribution >= 4 is 5.91 Å². The van der Waals surface area contributed by atoms with Gasteiger partial charge in [-0.1, -0.05) is 0 Å². The molecule has 18 heavy (non-hydrogen) atoms. The van der Waals surface area contributed by atoms with Crippen LogP contribution in [0.4, 0.5) is 4.39 Å². The molecule has 0 aliphatic carbocycles. The fraction of sp³-hybridized carbons (Fsp3) is 0.231. The molecular formula is C13H14FN3O. The van der Waals surface area contributed by atoms with E-state index in [2.05, 4.69) is 10.4 Å². The summed E-state index contributed by atoms with van der Waals surface area (Å²) < 4.78 is 14.3. The first-order chi connectivity index (χ1) is 8.56. The molecule has 0 aliphatic heterocycles. The third-order valence-electron chi connectivity index (χ3n) is 2.33. The number of carbonyl (C=O) groups excluding carboxylic acids is 1. The van der Waals surface area contributed by atoms with Gasteiger partial charge in [-0.15, -0.1) is 0 Å². The number of halogens is 1. The summed E-state index contributed by atoms with van der Waals surface area (Å²) >= 11 is 0. The van der Waals surface area contributed by atoms with Gasteiger partial charge < -0.3 is 5.32 Å². The van der Waals surface area contributed by atoms with E-state index in [-0.39, 0.29) is 17.8 Å². The fourth-order valence-corrected chi connectivity index (χ4v) is 1.52. The topological polar surface area (TPSA) is 46.9 Å². The molecule has 0 saturated heterocycles. The van der Waals surface area contributed by atoms with Crippen molar-refractivity contribution in [3.05, 3.63) is 48.0 Å². The van der Waals surface area contributed by atoms with Crippen LogP contribution in [0.1, 0.15) is 24.3 Å². The first kappa shape index (κ1) is 12.3. The molecule has 2 rings (SSSR count). The third kappa shape index (κ3) is 2.74. The summed E-state index contributed by atoms with van der Waals surface area (Å²) in [6, 6.07) is 7.60. The minimum atomic E-state index is -0.302. The Morgan fingerprint density at radius 1 is 1.28 bits per heavy atom. The van der Waals surface area contributed by atoms with E-state index in [1.54, 1.807) is 24.4 Å². The maximum atomic E-state index is 12.8. The SMILES string of the molecule is CC(C)NC(=O)c1ccn(-c2ccc(F)cc2)n1. The van der Waals surface area contributed by atoms with Gasteiger partial charge in [-0.05, 0) is 44.2 Å². The second-order valence-corrected chi connectivity index (χ2v) is 4.25. The molecule has 2 aromatic rings. The molecule has 0 aliphatic rings. The molecular weight excluding hydrogens is 233 g/mol. The zero-order valence-electron chi connectivity index (χ0n) is 10.2. The predicted molar refractivity (Wildman–Crippen MR) is 66.1 cm³/mol. The third-order valence-corrected chi connectivity index (χ3v) is 2.33. The number of nitrogens with zero attached hydrogens (tertiary/aromatic N) is 2. The summed E-state index contributed by atoms with van der Waals surface area (Å²) in [5.41, 5.74) is 1.05. The molecule has 1 aromatic heterocycles. The molecule has 4 nitrogen and oxygen atoms in total. The van der Waals surface area contributed by atoms with Crippen LogP contribution in [0.3, 0.4) is 0 Å². The summed E-state index contributed by atoms with van der Waals surface area (Å²) in [7, 11) is 0. The highest BCUT2D eigenvalue weighted by Gasteiger charge is 2.10. The van der Waals surface area contributed by atoms with E-state index in [1.165, 1.54) is 16.8 Å². The lowest BCUT2D eigenvalue weighted by Gasteiger charge is -2.05. The Balaban J connectivity index is 2.20. The van der Waals surface area contributed by atoms with Gasteiger partial charge in [-0.25, -0.2) is 9.07 Å². The number of hydrogen-bond donors (Lipinski definition) is 1. The van der Waals surface area contributed by atoms with Crippen LogP contribution in [0.5, 0.6) is 0 Å². The van der Waals surface area contributed by atoms with E-state index >= 15 is 0 Å². The maximum Gasteiger partial charge on any atom is 0.271 e. The number of aromatic nitrogens is 2. The molecule has 0 bridgehead atoms. The van der Waals surface area contributed by atoms with E-state index in [0.29, 0.717) is 11.4 Å². The summed E-state index contributed by atoms with van der Waals surface area (Å²) in [5.74, 6) is -0.519. The lowest BCUT2D eigenvalue weighted by atomic mass is 10.3. The van der Waals surface area contributed by atoms with Crippen LogP contribution < -0.4 is 5.32 Å². The smallest absolute Gasteiger partial charge is 0.271 e. The molecule has 0 radical (unpaired) electrons. The van der Waals surface area contributed by atoms with Crippen molar-refractivity contribution in [3.8, 4) is 5.69 Å². The van der Waals surface area contributed by atoms with Gasteiger partial charge in [0.15, 0.2) is 5.69 Å². The van der Waals surface area contributed by atoms with Gasteiger partial charge in [0.05, 0.1) is 5.69 Å². The van der Waals surface area contributed by atoms with Crippen LogP contribution >= 0.6 is 0 Å². The Bertz CT molecular complexity index is 546. The molecule has 0 unspecified atom stereocenters. The number of benzene rings is 1. The normalized spacial score (nSPS) is 10.7. The Kier molecular flexibility index (Phi) is 3.41. The van der Waals surface area contributed by atoms with Crippen molar-refractivity contribution in [1.29, 1.82) is 0 Å². The lowest BCUT2D eigenvalue weighted by Crippen LogP contribution is -2.30. The molecule has 0 atom stereocenters. The van der Waals surface area contributed by atoms with Gasteiger partial charge in [0.1, 0.15) is 5.82 Å². The van der Waals surface area contributed by atoms with Gasteiger partial charge in [0.2, 0.25) is 0 Å². The zero-order valence-corrected chi connectivity index (χ0v) is 10.2. The largest absolute Gasteiger partial charge is 0.348 e. The monoisotopic (exact) mass is 247 g/mol. The number of carbonyl (C=O) groups is 1. The highest BCUT2D eigenvalue weighted by Crippen LogP contribution is 2.09. The quantitative estimate of drug-likeness (QED) is 0.903. The minimum Gasteiger partial charge on any atom is -0.348 e. The van der Waals surface area contributed by atoms with Gasteiger partial charge in [-0.3, -0.25) is 4.79 Å². The number of amides is 1. The summed E-state index contributed by atoms with van der Waals surface area (Å²) in [5, 5.41) is 6.90. The van der Waals surface area contributed by atoms with Crippen molar-refractivity contribution in [2.24, 2.45) is 0 Å². The highest BCUT2D eigenvalue weighted by molar-refractivity contribution is 5.92. The average molecular weight is 247 g/mol. The molecule has 5 heteroatoms. The van der Waals surface area contributed by atoms with Crippen molar-refractivity contribution in [2.45, 2.75) is 19.9 Å². The van der Waals surface area contributed by atoms with E-state index in [4.69, 9.17) is 0 Å². The van der Waals surface area contributed by atoms with Crippen molar-refractivity contribution in [3.63, 3.8) is 0 Å². The molecule has 0 spiro atoms. The minimum absolute atomic E-state index is 0.0634. The summed E-state index contributed by atoms with van der Waals surface area (Å²) in [6.07, 6.45) is 1.67. The highest BCUT2D eigenvalue weighted by atomic mass is 19.1. The average Bonchev–Trinajstić information content (AvgIpc) is 2.78. The Morgan fingerprint density at radius 3 is 2.56 bits per heavy atom. The molecule has 94 valence electrons. The van der Waals surface area contributed by atoms with Crippen molar-refractivity contribution in [1.82, 2.24) is 15.1 Å². The summed E-state index contributed by atoms with van der Waals surface area (Å²) in [4.78, 5) is 11.7. The zero-order chi connectivity index (χ0) is 13.1. The standard InChI is InChI=1S/C13H14FN3O/c1-9(2)15-13(18)12-7-8-17(16-12)11-5-3-10(14)4-6-11/h3-9H,1-2H3,(H,15,18). The first-order valence-corrected chi connectivity index (χ1v) is 5.69. The molecule has 1 amide bonds. The van der Waals surface area contributed by atoms with Crippen LogP contribution in [0, 0.1) is 5.82 Å². The van der Waals surface area contributed by atoms with Crippen LogP contribution in [0.15, 0.2) is 36.5 Å². The molecule has 0 saturated carbocycles. The lowest BCUT2D eigenvalue weighted by molar-refractivity contribution is 0.0937. The number of hydrogen-bond acceptors (Lipinski definition) is 2. The maximum absolute atomic E-state index is 12.8. The van der Waals surface area contributed by atoms with Crippen molar-refractivity contribution in [2.75, 3.05) is 0 Å². The summed E-state index contributed by atoms with van der Waals surface area (Å²) in [6.45, 7) is 3.77. The van der Waals surface area contributed by atoms with E-state index in [9.17, 15) is 9.18 Å². The van der Waals surface area contributed by atoms with E-state index in [1.807, 2.05) is 13.8 Å². The predicted octanol–water partition coefficient (Wildman–Crippen LogP) is 2.15. The van der Waals surface area contributed by atoms with Crippen LogP contribution in [-0.4, -0.2) is 21.7 Å². The first-order valence-electron chi connectivity index (χ1n) is 5.69. The fourth-order valence-electron chi connectivity index (χ4n) is 1.52. The Hall–Kier alpha value is -2.17. The Morgan fingerprint density at radius 2 is 1.94 bits per heavy atom. The molecule has 1 aromatic carbocycles. The van der Waals surface area contributed by atoms with Gasteiger partial charge in [-0.2, -0.15) is 5.10 Å². The van der Waals surface area contributed by atoms with Crippen LogP contribution in [0.25, 0.3) is 5.69 Å². The Labute approximate surface area is 104 Å². The van der Waals surface area contributed by atoms with Gasteiger partial charge >= 0.3 is 0 Å². The van der Waals surface area contributed by atoms with E-state index < -0.39 is 0 Å².